The predicted octanol–water partition coefficient (Wildman–Crippen LogP) is 4.23. The maximum Gasteiger partial charge on any atom is 0.139 e. The van der Waals surface area contributed by atoms with E-state index < -0.39 is 0 Å². The van der Waals surface area contributed by atoms with Crippen LogP contribution in [-0.2, 0) is 9.59 Å². The highest BCUT2D eigenvalue weighted by Crippen LogP contribution is 2.36. The van der Waals surface area contributed by atoms with Crippen LogP contribution in [0.15, 0.2) is 12.2 Å². The van der Waals surface area contributed by atoms with Crippen LogP contribution < -0.4 is 0 Å². The second kappa shape index (κ2) is 7.50. The zero-order valence-electron chi connectivity index (χ0n) is 11.8. The van der Waals surface area contributed by atoms with Crippen molar-refractivity contribution in [3.8, 4) is 0 Å². The average molecular weight is 250 g/mol. The van der Waals surface area contributed by atoms with Crippen molar-refractivity contribution in [1.29, 1.82) is 0 Å². The normalized spacial score (nSPS) is 24.7. The zero-order chi connectivity index (χ0) is 13.4. The van der Waals surface area contributed by atoms with E-state index in [1.165, 1.54) is 6.42 Å². The number of carbonyl (C=O) groups is 2. The smallest absolute Gasteiger partial charge is 0.139 e. The Morgan fingerprint density at radius 2 is 2.06 bits per heavy atom. The molecule has 0 amide bonds. The molecule has 0 bridgehead atoms. The van der Waals surface area contributed by atoms with Crippen LogP contribution in [0.2, 0.25) is 0 Å². The molecule has 0 heterocycles. The van der Waals surface area contributed by atoms with E-state index in [2.05, 4.69) is 19.1 Å². The van der Waals surface area contributed by atoms with Gasteiger partial charge in [-0.2, -0.15) is 0 Å². The van der Waals surface area contributed by atoms with Crippen molar-refractivity contribution in [2.75, 3.05) is 0 Å². The number of hydrogen-bond acceptors (Lipinski definition) is 2. The summed E-state index contributed by atoms with van der Waals surface area (Å²) in [7, 11) is 0. The highest BCUT2D eigenvalue weighted by Gasteiger charge is 2.33. The van der Waals surface area contributed by atoms with E-state index in [1.54, 1.807) is 6.92 Å². The molecule has 0 aromatic rings. The van der Waals surface area contributed by atoms with Crippen LogP contribution in [0.4, 0.5) is 0 Å². The van der Waals surface area contributed by atoms with Crippen molar-refractivity contribution in [3.63, 3.8) is 0 Å². The molecule has 0 radical (unpaired) electrons. The topological polar surface area (TPSA) is 34.1 Å². The molecule has 1 unspecified atom stereocenters. The number of Topliss-reactive ketones (excluding diaryl/α,β-unsaturated/α-hetero) is 2. The third kappa shape index (κ3) is 5.16. The standard InChI is InChI=1S/C16H26O2/c1-14(17)10-6-4-3-5-8-12-16(2)13-9-7-11-15(16)18/h5,8H,3-4,6-7,9-13H2,1-2H3/b8-5+. The molecule has 2 heteroatoms. The lowest BCUT2D eigenvalue weighted by Crippen LogP contribution is -2.30. The molecule has 18 heavy (non-hydrogen) atoms. The van der Waals surface area contributed by atoms with Crippen molar-refractivity contribution in [2.45, 2.75) is 71.6 Å². The molecule has 1 fully saturated rings. The van der Waals surface area contributed by atoms with Crippen LogP contribution in [0.1, 0.15) is 71.6 Å². The van der Waals surface area contributed by atoms with Crippen LogP contribution in [0.25, 0.3) is 0 Å². The fourth-order valence-corrected chi connectivity index (χ4v) is 2.56. The van der Waals surface area contributed by atoms with Gasteiger partial charge in [0.2, 0.25) is 0 Å². The number of ketones is 2. The van der Waals surface area contributed by atoms with Gasteiger partial charge in [-0.3, -0.25) is 4.79 Å². The summed E-state index contributed by atoms with van der Waals surface area (Å²) in [5.41, 5.74) is -0.103. The lowest BCUT2D eigenvalue weighted by molar-refractivity contribution is -0.130. The van der Waals surface area contributed by atoms with E-state index in [-0.39, 0.29) is 11.2 Å². The van der Waals surface area contributed by atoms with Gasteiger partial charge in [0, 0.05) is 18.3 Å². The monoisotopic (exact) mass is 250 g/mol. The molecule has 0 aliphatic heterocycles. The molecule has 1 saturated carbocycles. The quantitative estimate of drug-likeness (QED) is 0.500. The summed E-state index contributed by atoms with van der Waals surface area (Å²) in [6.45, 7) is 3.75. The van der Waals surface area contributed by atoms with Gasteiger partial charge in [0.05, 0.1) is 0 Å². The second-order valence-electron chi connectivity index (χ2n) is 5.81. The number of allylic oxidation sites excluding steroid dienone is 2. The SMILES string of the molecule is CC(=O)CCCC/C=C/CC1(C)CCCCC1=O. The van der Waals surface area contributed by atoms with Gasteiger partial charge >= 0.3 is 0 Å². The fraction of sp³-hybridized carbons (Fsp3) is 0.750. The van der Waals surface area contributed by atoms with Gasteiger partial charge in [-0.25, -0.2) is 0 Å². The van der Waals surface area contributed by atoms with Crippen molar-refractivity contribution >= 4 is 11.6 Å². The molecular weight excluding hydrogens is 224 g/mol. The molecule has 102 valence electrons. The molecule has 0 aromatic heterocycles. The van der Waals surface area contributed by atoms with Crippen molar-refractivity contribution in [1.82, 2.24) is 0 Å². The Morgan fingerprint density at radius 1 is 1.28 bits per heavy atom. The molecule has 0 aromatic carbocycles. The van der Waals surface area contributed by atoms with Crippen LogP contribution in [0.5, 0.6) is 0 Å². The minimum absolute atomic E-state index is 0.103. The summed E-state index contributed by atoms with van der Waals surface area (Å²) in [4.78, 5) is 22.6. The Balaban J connectivity index is 2.19. The third-order valence-corrected chi connectivity index (χ3v) is 3.94. The first-order chi connectivity index (χ1) is 8.54. The van der Waals surface area contributed by atoms with Gasteiger partial charge in [0.15, 0.2) is 0 Å². The first-order valence-electron chi connectivity index (χ1n) is 7.22. The van der Waals surface area contributed by atoms with Crippen LogP contribution in [-0.4, -0.2) is 11.6 Å². The molecule has 1 aliphatic carbocycles. The highest BCUT2D eigenvalue weighted by molar-refractivity contribution is 5.85. The fourth-order valence-electron chi connectivity index (χ4n) is 2.56. The Kier molecular flexibility index (Phi) is 6.31. The van der Waals surface area contributed by atoms with Crippen LogP contribution in [0.3, 0.4) is 0 Å². The van der Waals surface area contributed by atoms with E-state index in [9.17, 15) is 9.59 Å². The van der Waals surface area contributed by atoms with E-state index in [0.717, 1.165) is 44.9 Å². The van der Waals surface area contributed by atoms with Crippen molar-refractivity contribution in [2.24, 2.45) is 5.41 Å². The van der Waals surface area contributed by atoms with Crippen molar-refractivity contribution in [3.05, 3.63) is 12.2 Å². The molecular formula is C16H26O2. The number of rotatable bonds is 7. The Hall–Kier alpha value is -0.920. The third-order valence-electron chi connectivity index (χ3n) is 3.94. The van der Waals surface area contributed by atoms with E-state index in [1.807, 2.05) is 0 Å². The van der Waals surface area contributed by atoms with Gasteiger partial charge in [-0.15, -0.1) is 0 Å². The molecule has 2 nitrogen and oxygen atoms in total. The van der Waals surface area contributed by atoms with Gasteiger partial charge in [-0.05, 0) is 45.4 Å². The van der Waals surface area contributed by atoms with Gasteiger partial charge in [-0.1, -0.05) is 25.5 Å². The van der Waals surface area contributed by atoms with Gasteiger partial charge in [0.25, 0.3) is 0 Å². The van der Waals surface area contributed by atoms with E-state index >= 15 is 0 Å². The summed E-state index contributed by atoms with van der Waals surface area (Å²) in [5, 5.41) is 0. The summed E-state index contributed by atoms with van der Waals surface area (Å²) >= 11 is 0. The van der Waals surface area contributed by atoms with Gasteiger partial charge in [0.1, 0.15) is 11.6 Å². The lowest BCUT2D eigenvalue weighted by atomic mass is 9.72. The first kappa shape index (κ1) is 15.1. The van der Waals surface area contributed by atoms with Crippen LogP contribution in [0, 0.1) is 5.41 Å². The minimum Gasteiger partial charge on any atom is -0.300 e. The lowest BCUT2D eigenvalue weighted by Gasteiger charge is -2.30. The molecule has 1 rings (SSSR count). The summed E-state index contributed by atoms with van der Waals surface area (Å²) in [5.74, 6) is 0.717. The number of carbonyl (C=O) groups excluding carboxylic acids is 2. The largest absolute Gasteiger partial charge is 0.300 e. The summed E-state index contributed by atoms with van der Waals surface area (Å²) < 4.78 is 0. The minimum atomic E-state index is -0.103. The highest BCUT2D eigenvalue weighted by atomic mass is 16.1. The molecule has 0 spiro atoms. The number of hydrogen-bond donors (Lipinski definition) is 0. The molecule has 1 atom stereocenters. The zero-order valence-corrected chi connectivity index (χ0v) is 11.8. The Labute approximate surface area is 111 Å². The van der Waals surface area contributed by atoms with E-state index in [0.29, 0.717) is 12.2 Å². The summed E-state index contributed by atoms with van der Waals surface area (Å²) in [6, 6.07) is 0. The van der Waals surface area contributed by atoms with Crippen molar-refractivity contribution < 1.29 is 9.59 Å². The number of unbranched alkanes of at least 4 members (excludes halogenated alkanes) is 2. The second-order valence-corrected chi connectivity index (χ2v) is 5.81. The Morgan fingerprint density at radius 3 is 2.72 bits per heavy atom. The van der Waals surface area contributed by atoms with Gasteiger partial charge < -0.3 is 4.79 Å². The molecule has 1 aliphatic rings. The predicted molar refractivity (Wildman–Crippen MR) is 74.5 cm³/mol. The maximum absolute atomic E-state index is 11.9. The maximum atomic E-state index is 11.9. The Bertz CT molecular complexity index is 317. The van der Waals surface area contributed by atoms with E-state index in [4.69, 9.17) is 0 Å². The molecule has 0 N–H and O–H groups in total. The average Bonchev–Trinajstić information content (AvgIpc) is 2.32. The molecule has 0 saturated heterocycles. The first-order valence-corrected chi connectivity index (χ1v) is 7.22. The van der Waals surface area contributed by atoms with Crippen LogP contribution >= 0.6 is 0 Å². The summed E-state index contributed by atoms with van der Waals surface area (Å²) in [6.07, 6.45) is 13.1.